The quantitative estimate of drug-likeness (QED) is 0.810. The Kier molecular flexibility index (Phi) is 4.81. The fraction of sp³-hybridized carbons (Fsp3) is 0.368. The Morgan fingerprint density at radius 1 is 1.21 bits per heavy atom. The summed E-state index contributed by atoms with van der Waals surface area (Å²) in [4.78, 5) is 27.5. The number of nitrogens with one attached hydrogen (secondary N) is 2. The summed E-state index contributed by atoms with van der Waals surface area (Å²) in [5.41, 5.74) is 2.16. The first-order valence-electron chi connectivity index (χ1n) is 8.34. The largest absolute Gasteiger partial charge is 0.391 e. The third-order valence-electron chi connectivity index (χ3n) is 4.61. The Hall–Kier alpha value is -2.40. The Morgan fingerprint density at radius 2 is 1.92 bits per heavy atom. The second-order valence-corrected chi connectivity index (χ2v) is 6.35. The van der Waals surface area contributed by atoms with Crippen molar-refractivity contribution >= 4 is 5.91 Å². The standard InChI is InChI=1S/C19H22N2O3/c1-12-14(13-7-3-2-4-8-13)11-15(18(23)20-12)19(24)21-16-9-5-6-10-17(16)22/h2-4,7-8,11,16-17,22H,5-6,9-10H2,1H3,(H,20,23)(H,21,24). The molecule has 5 heteroatoms. The van der Waals surface area contributed by atoms with E-state index in [-0.39, 0.29) is 11.6 Å². The van der Waals surface area contributed by atoms with Crippen LogP contribution in [0.25, 0.3) is 11.1 Å². The first-order chi connectivity index (χ1) is 11.6. The molecule has 2 unspecified atom stereocenters. The van der Waals surface area contributed by atoms with Gasteiger partial charge in [0.25, 0.3) is 11.5 Å². The number of H-pyrrole nitrogens is 1. The lowest BCUT2D eigenvalue weighted by atomic mass is 9.92. The van der Waals surface area contributed by atoms with Gasteiger partial charge in [-0.3, -0.25) is 9.59 Å². The van der Waals surface area contributed by atoms with Crippen LogP contribution in [0.1, 0.15) is 41.7 Å². The maximum atomic E-state index is 12.5. The van der Waals surface area contributed by atoms with Crippen molar-refractivity contribution in [2.75, 3.05) is 0 Å². The molecule has 24 heavy (non-hydrogen) atoms. The number of aromatic nitrogens is 1. The van der Waals surface area contributed by atoms with E-state index in [2.05, 4.69) is 10.3 Å². The number of hydrogen-bond acceptors (Lipinski definition) is 3. The van der Waals surface area contributed by atoms with Crippen LogP contribution in [0.2, 0.25) is 0 Å². The molecule has 2 atom stereocenters. The second-order valence-electron chi connectivity index (χ2n) is 6.35. The van der Waals surface area contributed by atoms with Crippen LogP contribution in [0.15, 0.2) is 41.2 Å². The molecule has 3 N–H and O–H groups in total. The molecule has 2 aromatic rings. The Morgan fingerprint density at radius 3 is 2.62 bits per heavy atom. The molecular weight excluding hydrogens is 304 g/mol. The summed E-state index contributed by atoms with van der Waals surface area (Å²) < 4.78 is 0. The van der Waals surface area contributed by atoms with Gasteiger partial charge in [0.1, 0.15) is 5.56 Å². The number of benzene rings is 1. The predicted molar refractivity (Wildman–Crippen MR) is 93.0 cm³/mol. The highest BCUT2D eigenvalue weighted by Gasteiger charge is 2.26. The van der Waals surface area contributed by atoms with Crippen LogP contribution < -0.4 is 10.9 Å². The molecule has 0 bridgehead atoms. The van der Waals surface area contributed by atoms with Gasteiger partial charge in [0.15, 0.2) is 0 Å². The molecule has 1 saturated carbocycles. The molecule has 0 aliphatic heterocycles. The molecular formula is C19H22N2O3. The van der Waals surface area contributed by atoms with E-state index in [9.17, 15) is 14.7 Å². The highest BCUT2D eigenvalue weighted by molar-refractivity contribution is 5.95. The van der Waals surface area contributed by atoms with Crippen LogP contribution in [0.3, 0.4) is 0 Å². The minimum atomic E-state index is -0.541. The number of aromatic amines is 1. The van der Waals surface area contributed by atoms with Crippen LogP contribution in [-0.2, 0) is 0 Å². The van der Waals surface area contributed by atoms with Gasteiger partial charge < -0.3 is 15.4 Å². The Balaban J connectivity index is 1.90. The van der Waals surface area contributed by atoms with Crippen molar-refractivity contribution in [2.24, 2.45) is 0 Å². The summed E-state index contributed by atoms with van der Waals surface area (Å²) in [6, 6.07) is 11.0. The molecule has 1 fully saturated rings. The van der Waals surface area contributed by atoms with Gasteiger partial charge in [0.2, 0.25) is 0 Å². The van der Waals surface area contributed by atoms with Crippen molar-refractivity contribution in [1.82, 2.24) is 10.3 Å². The lowest BCUT2D eigenvalue weighted by Gasteiger charge is -2.28. The number of carbonyl (C=O) groups excluding carboxylic acids is 1. The first-order valence-corrected chi connectivity index (χ1v) is 8.34. The minimum absolute atomic E-state index is 0.0808. The SMILES string of the molecule is Cc1[nH]c(=O)c(C(=O)NC2CCCCC2O)cc1-c1ccccc1. The van der Waals surface area contributed by atoms with Gasteiger partial charge in [-0.2, -0.15) is 0 Å². The van der Waals surface area contributed by atoms with E-state index in [0.717, 1.165) is 36.1 Å². The van der Waals surface area contributed by atoms with E-state index >= 15 is 0 Å². The van der Waals surface area contributed by atoms with E-state index in [1.807, 2.05) is 37.3 Å². The van der Waals surface area contributed by atoms with Crippen LogP contribution in [0.4, 0.5) is 0 Å². The fourth-order valence-corrected chi connectivity index (χ4v) is 3.24. The molecule has 3 rings (SSSR count). The highest BCUT2D eigenvalue weighted by atomic mass is 16.3. The number of amides is 1. The zero-order valence-corrected chi connectivity index (χ0v) is 13.7. The average molecular weight is 326 g/mol. The normalized spacial score (nSPS) is 20.6. The van der Waals surface area contributed by atoms with Crippen molar-refractivity contribution in [3.8, 4) is 11.1 Å². The van der Waals surface area contributed by atoms with Crippen molar-refractivity contribution < 1.29 is 9.90 Å². The van der Waals surface area contributed by atoms with Crippen molar-refractivity contribution in [3.05, 3.63) is 58.0 Å². The molecule has 126 valence electrons. The third-order valence-corrected chi connectivity index (χ3v) is 4.61. The van der Waals surface area contributed by atoms with Gasteiger partial charge in [-0.1, -0.05) is 43.2 Å². The van der Waals surface area contributed by atoms with E-state index in [4.69, 9.17) is 0 Å². The molecule has 1 aromatic heterocycles. The van der Waals surface area contributed by atoms with Gasteiger partial charge in [-0.25, -0.2) is 0 Å². The maximum absolute atomic E-state index is 12.5. The number of pyridine rings is 1. The summed E-state index contributed by atoms with van der Waals surface area (Å²) in [7, 11) is 0. The number of aryl methyl sites for hydroxylation is 1. The number of aliphatic hydroxyl groups excluding tert-OH is 1. The summed E-state index contributed by atoms with van der Waals surface area (Å²) in [6.07, 6.45) is 2.83. The lowest BCUT2D eigenvalue weighted by molar-refractivity contribution is 0.0716. The predicted octanol–water partition coefficient (Wildman–Crippen LogP) is 2.38. The van der Waals surface area contributed by atoms with Gasteiger partial charge >= 0.3 is 0 Å². The van der Waals surface area contributed by atoms with Crippen LogP contribution in [0, 0.1) is 6.92 Å². The highest BCUT2D eigenvalue weighted by Crippen LogP contribution is 2.22. The number of hydrogen-bond donors (Lipinski definition) is 3. The molecule has 1 aliphatic rings. The summed E-state index contributed by atoms with van der Waals surface area (Å²) in [6.45, 7) is 1.82. The minimum Gasteiger partial charge on any atom is -0.391 e. The maximum Gasteiger partial charge on any atom is 0.261 e. The third kappa shape index (κ3) is 3.41. The van der Waals surface area contributed by atoms with Gasteiger partial charge in [0.05, 0.1) is 12.1 Å². The monoisotopic (exact) mass is 326 g/mol. The smallest absolute Gasteiger partial charge is 0.261 e. The molecule has 0 spiro atoms. The lowest BCUT2D eigenvalue weighted by Crippen LogP contribution is -2.46. The van der Waals surface area contributed by atoms with E-state index in [0.29, 0.717) is 6.42 Å². The van der Waals surface area contributed by atoms with E-state index < -0.39 is 17.6 Å². The van der Waals surface area contributed by atoms with Crippen LogP contribution in [-0.4, -0.2) is 28.1 Å². The average Bonchev–Trinajstić information content (AvgIpc) is 2.58. The molecule has 1 amide bonds. The summed E-state index contributed by atoms with van der Waals surface area (Å²) in [5, 5.41) is 12.8. The summed E-state index contributed by atoms with van der Waals surface area (Å²) >= 11 is 0. The van der Waals surface area contributed by atoms with E-state index in [1.54, 1.807) is 6.07 Å². The second kappa shape index (κ2) is 7.01. The number of rotatable bonds is 3. The molecule has 1 aliphatic carbocycles. The van der Waals surface area contributed by atoms with Gasteiger partial charge in [0, 0.05) is 11.3 Å². The zero-order valence-electron chi connectivity index (χ0n) is 13.7. The molecule has 5 nitrogen and oxygen atoms in total. The number of aliphatic hydroxyl groups is 1. The number of carbonyl (C=O) groups is 1. The van der Waals surface area contributed by atoms with E-state index in [1.165, 1.54) is 0 Å². The molecule has 0 saturated heterocycles. The van der Waals surface area contributed by atoms with Crippen molar-refractivity contribution in [2.45, 2.75) is 44.8 Å². The fourth-order valence-electron chi connectivity index (χ4n) is 3.24. The van der Waals surface area contributed by atoms with Crippen LogP contribution >= 0.6 is 0 Å². The van der Waals surface area contributed by atoms with Crippen LogP contribution in [0.5, 0.6) is 0 Å². The van der Waals surface area contributed by atoms with Gasteiger partial charge in [-0.15, -0.1) is 0 Å². The Bertz CT molecular complexity index is 783. The Labute approximate surface area is 140 Å². The zero-order chi connectivity index (χ0) is 17.1. The van der Waals surface area contributed by atoms with Crippen molar-refractivity contribution in [1.29, 1.82) is 0 Å². The molecule has 1 heterocycles. The summed E-state index contributed by atoms with van der Waals surface area (Å²) in [5.74, 6) is -0.431. The topological polar surface area (TPSA) is 82.2 Å². The van der Waals surface area contributed by atoms with Gasteiger partial charge in [-0.05, 0) is 31.4 Å². The van der Waals surface area contributed by atoms with Crippen molar-refractivity contribution in [3.63, 3.8) is 0 Å². The molecule has 0 radical (unpaired) electrons. The first kappa shape index (κ1) is 16.5. The molecule has 1 aromatic carbocycles.